The highest BCUT2D eigenvalue weighted by atomic mass is 35.5. The zero-order chi connectivity index (χ0) is 71.0. The summed E-state index contributed by atoms with van der Waals surface area (Å²) in [5, 5.41) is 21.2. The molecule has 0 radical (unpaired) electrons. The highest BCUT2D eigenvalue weighted by Crippen LogP contribution is 2.50. The van der Waals surface area contributed by atoms with Gasteiger partial charge in [0, 0.05) is 34.9 Å². The third-order valence-corrected chi connectivity index (χ3v) is 18.5. The molecule has 0 fully saturated rings. The van der Waals surface area contributed by atoms with Gasteiger partial charge < -0.3 is 29.6 Å². The Morgan fingerprint density at radius 3 is 1.70 bits per heavy atom. The van der Waals surface area contributed by atoms with Crippen LogP contribution in [0.5, 0.6) is 23.0 Å². The second-order valence-corrected chi connectivity index (χ2v) is 26.7. The van der Waals surface area contributed by atoms with Crippen LogP contribution in [-0.4, -0.2) is 104 Å². The normalized spacial score (nSPS) is 15.6. The lowest BCUT2D eigenvalue weighted by Crippen LogP contribution is -2.44. The Hall–Kier alpha value is -8.56. The van der Waals surface area contributed by atoms with E-state index >= 15 is 0 Å². The predicted octanol–water partition coefficient (Wildman–Crippen LogP) is 15.4. The molecule has 3 aliphatic rings. The first-order valence-corrected chi connectivity index (χ1v) is 33.7. The number of aliphatic imine (C=N–C) groups is 1. The van der Waals surface area contributed by atoms with E-state index in [0.717, 1.165) is 32.4 Å². The Labute approximate surface area is 609 Å². The molecule has 8 aromatic rings. The number of amidine groups is 1. The molecule has 33 heteroatoms. The number of rotatable bonds is 17. The van der Waals surface area contributed by atoms with Crippen LogP contribution in [0.25, 0.3) is 0 Å². The zero-order valence-electron chi connectivity index (χ0n) is 50.7. The molecule has 0 saturated carbocycles. The topological polar surface area (TPSA) is 270 Å². The number of sulfone groups is 1. The molecule has 0 bridgehead atoms. The van der Waals surface area contributed by atoms with Gasteiger partial charge in [-0.1, -0.05) is 158 Å². The largest absolute Gasteiger partial charge is 0.483 e. The summed E-state index contributed by atoms with van der Waals surface area (Å²) in [7, 11) is -3.39. The molecule has 5 amide bonds. The quantitative estimate of drug-likeness (QED) is 0.0372. The summed E-state index contributed by atoms with van der Waals surface area (Å²) >= 11 is 61.7. The molecular weight excluding hydrogens is 1500 g/mol. The van der Waals surface area contributed by atoms with Gasteiger partial charge in [0.15, 0.2) is 34.3 Å². The van der Waals surface area contributed by atoms with Gasteiger partial charge in [-0.3, -0.25) is 38.7 Å². The fraction of sp³-hybridized carbons (Fsp3) is 0.123. The zero-order valence-corrected chi connectivity index (χ0v) is 59.1. The molecule has 3 atom stereocenters. The molecule has 2 N–H and O–H groups in total. The summed E-state index contributed by atoms with van der Waals surface area (Å²) < 4.78 is 45.9. The smallest absolute Gasteiger partial charge is 0.296 e. The third kappa shape index (κ3) is 17.1. The van der Waals surface area contributed by atoms with Gasteiger partial charge in [0.25, 0.3) is 29.5 Å². The monoisotopic (exact) mass is 1540 g/mol. The number of hydrazone groups is 3. The summed E-state index contributed by atoms with van der Waals surface area (Å²) in [5.74, 6) is -1.35. The Bertz CT molecular complexity index is 4660. The molecule has 3 unspecified atom stereocenters. The number of ether oxygens (including phenoxy) is 4. The number of hydrogen-bond acceptors (Lipinski definition) is 17. The second-order valence-electron chi connectivity index (χ2n) is 20.7. The molecule has 11 rings (SSSR count). The van der Waals surface area contributed by atoms with E-state index in [0.29, 0.717) is 40.6 Å². The van der Waals surface area contributed by atoms with Crippen LogP contribution in [0.3, 0.4) is 0 Å². The van der Waals surface area contributed by atoms with Gasteiger partial charge in [-0.05, 0) is 130 Å². The number of nitrogens with zero attached hydrogens (tertiary/aromatic N) is 8. The Morgan fingerprint density at radius 2 is 1.11 bits per heavy atom. The van der Waals surface area contributed by atoms with E-state index in [1.807, 2.05) is 32.0 Å². The molecule has 1 aromatic heterocycles. The van der Waals surface area contributed by atoms with Crippen molar-refractivity contribution in [3.8, 4) is 23.0 Å². The van der Waals surface area contributed by atoms with Gasteiger partial charge in [0.2, 0.25) is 18.3 Å². The fourth-order valence-electron chi connectivity index (χ4n) is 9.13. The van der Waals surface area contributed by atoms with E-state index in [9.17, 15) is 37.2 Å². The maximum absolute atomic E-state index is 13.5. The number of aldehydes is 1. The molecule has 98 heavy (non-hydrogen) atoms. The summed E-state index contributed by atoms with van der Waals surface area (Å²) in [6.07, 6.45) is 0.815. The molecule has 0 saturated heterocycles. The molecule has 504 valence electrons. The fourth-order valence-corrected chi connectivity index (χ4v) is 12.7. The van der Waals surface area contributed by atoms with Crippen molar-refractivity contribution in [2.75, 3.05) is 33.2 Å². The van der Waals surface area contributed by atoms with E-state index in [4.69, 9.17) is 135 Å². The summed E-state index contributed by atoms with van der Waals surface area (Å²) in [5.41, 5.74) is 3.38. The predicted molar refractivity (Wildman–Crippen MR) is 383 cm³/mol. The van der Waals surface area contributed by atoms with E-state index in [2.05, 4.69) is 42.6 Å². The number of anilines is 4. The number of carbonyl (C=O) groups excluding carboxylic acids is 6. The maximum atomic E-state index is 13.5. The highest BCUT2D eigenvalue weighted by molar-refractivity contribution is 7.90. The number of halogens is 10. The molecule has 0 spiro atoms. The number of aryl methyl sites for hydroxylation is 2. The summed E-state index contributed by atoms with van der Waals surface area (Å²) in [4.78, 5) is 84.2. The molecule has 0 aliphatic carbocycles. The molecule has 4 heterocycles. The minimum atomic E-state index is -3.39. The molecule has 7 aromatic carbocycles. The Balaban J connectivity index is 0.000000181. The number of aromatic nitrogens is 1. The van der Waals surface area contributed by atoms with Crippen LogP contribution >= 0.6 is 116 Å². The highest BCUT2D eigenvalue weighted by Gasteiger charge is 2.44. The van der Waals surface area contributed by atoms with Crippen molar-refractivity contribution in [3.05, 3.63) is 213 Å². The van der Waals surface area contributed by atoms with Gasteiger partial charge in [-0.15, -0.1) is 5.10 Å². The lowest BCUT2D eigenvalue weighted by atomic mass is 10.1. The van der Waals surface area contributed by atoms with Crippen LogP contribution in [0.2, 0.25) is 50.2 Å². The van der Waals surface area contributed by atoms with Crippen LogP contribution < -0.4 is 44.6 Å². The van der Waals surface area contributed by atoms with Crippen molar-refractivity contribution in [2.24, 2.45) is 20.3 Å². The number of hydrogen-bond donors (Lipinski definition) is 2. The van der Waals surface area contributed by atoms with Gasteiger partial charge >= 0.3 is 0 Å². The average Bonchev–Trinajstić information content (AvgIpc) is 1.57. The van der Waals surface area contributed by atoms with Crippen LogP contribution in [0.4, 0.5) is 28.4 Å². The van der Waals surface area contributed by atoms with Crippen LogP contribution in [-0.2, 0) is 33.8 Å². The average molecular weight is 1550 g/mol. The number of carbonyl (C=O) groups is 6. The second kappa shape index (κ2) is 32.0. The standard InChI is InChI=1S/C31H24Cl3N5O5.C18H13Cl2N3O5S.C16H9Cl5N2O2/c1-17-6-7-25(18(2)12-17)43-16-26(40)36-21-5-3-4-19(13-21)30(41)37-29-28(44-22-8-10-35-11-9-22)31(42)39(38-29)27-23(33)14-20(32)15-24(27)34;1-21-10-7-13(19)16(14(20)8-10)23-18(25)17(15(9-24)22-23)28-11-3-5-12(6-4-11)29(2,26)27;1-7-15(25-8-5-3-2-4-6-8)16(24)23(22-7)14-12(20)10(18)9(17)11(19)13(14)21/h3-15,28H,16H2,1-2H3,(H,36,40)(H,37,38,41);3-9,17H,1H2,2H3;2-6,15H,1H3. The Kier molecular flexibility index (Phi) is 24.0. The summed E-state index contributed by atoms with van der Waals surface area (Å²) in [6.45, 7) is 8.69. The lowest BCUT2D eigenvalue weighted by molar-refractivity contribution is -0.122. The van der Waals surface area contributed by atoms with Crippen LogP contribution in [0.15, 0.2) is 171 Å². The van der Waals surface area contributed by atoms with E-state index < -0.39 is 57.7 Å². The number of pyridine rings is 1. The first-order chi connectivity index (χ1) is 46.6. The molecule has 3 aliphatic heterocycles. The van der Waals surface area contributed by atoms with Crippen molar-refractivity contribution in [1.82, 2.24) is 10.3 Å². The van der Waals surface area contributed by atoms with Crippen molar-refractivity contribution < 1.29 is 56.1 Å². The Morgan fingerprint density at radius 1 is 0.582 bits per heavy atom. The van der Waals surface area contributed by atoms with Gasteiger partial charge in [-0.25, -0.2) is 8.42 Å². The van der Waals surface area contributed by atoms with E-state index in [1.54, 1.807) is 61.5 Å². The van der Waals surface area contributed by atoms with Gasteiger partial charge in [0.1, 0.15) is 40.1 Å². The number of amides is 5. The van der Waals surface area contributed by atoms with Crippen molar-refractivity contribution in [1.29, 1.82) is 0 Å². The minimum Gasteiger partial charge on any atom is -0.483 e. The molecular formula is C65H46Cl10N10O12S. The number of para-hydroxylation sites is 1. The number of benzene rings is 7. The van der Waals surface area contributed by atoms with E-state index in [-0.39, 0.29) is 102 Å². The third-order valence-electron chi connectivity index (χ3n) is 13.7. The summed E-state index contributed by atoms with van der Waals surface area (Å²) in [6, 6.07) is 35.0. The van der Waals surface area contributed by atoms with Crippen molar-refractivity contribution in [2.45, 2.75) is 44.0 Å². The van der Waals surface area contributed by atoms with E-state index in [1.165, 1.54) is 73.1 Å². The van der Waals surface area contributed by atoms with Crippen LogP contribution in [0, 0.1) is 13.8 Å². The minimum absolute atomic E-state index is 0.00603. The first kappa shape index (κ1) is 73.7. The molecule has 22 nitrogen and oxygen atoms in total. The lowest BCUT2D eigenvalue weighted by Gasteiger charge is -2.19. The van der Waals surface area contributed by atoms with Gasteiger partial charge in [0.05, 0.1) is 61.5 Å². The first-order valence-electron chi connectivity index (χ1n) is 28.0. The van der Waals surface area contributed by atoms with Crippen molar-refractivity contribution in [3.63, 3.8) is 0 Å². The number of nitrogens with one attached hydrogen (secondary N) is 2. The SMILES string of the molecule is C=Nc1cc(Cl)c(N2N=C(C=O)C(Oc3ccc(S(C)(=O)=O)cc3)C2=O)c(Cl)c1.CC1=NN(c2c(Cl)c(Cl)c(Cl)c(Cl)c2Cl)C(=O)C1Oc1ccccc1.Cc1ccc(OCC(=O)Nc2cccc(C(=O)NC3=NN(c4c(Cl)cc(Cl)cc4Cl)C(=O)C3Oc3ccncc3)c2)c(C)c1. The van der Waals surface area contributed by atoms with Crippen molar-refractivity contribution >= 4 is 214 Å². The maximum Gasteiger partial charge on any atom is 0.296 e. The van der Waals surface area contributed by atoms with Crippen LogP contribution in [0.1, 0.15) is 28.4 Å². The van der Waals surface area contributed by atoms with Gasteiger partial charge in [-0.2, -0.15) is 25.2 Å².